The number of fused-ring (bicyclic) bond motifs is 3. The predicted octanol–water partition coefficient (Wildman–Crippen LogP) is 3.99. The van der Waals surface area contributed by atoms with Gasteiger partial charge in [-0.2, -0.15) is 0 Å². The number of benzene rings is 2. The molecule has 5 nitrogen and oxygen atoms in total. The molecule has 1 spiro atoms. The molecule has 0 unspecified atom stereocenters. The smallest absolute Gasteiger partial charge is 0.256 e. The van der Waals surface area contributed by atoms with Gasteiger partial charge in [-0.1, -0.05) is 30.3 Å². The van der Waals surface area contributed by atoms with E-state index in [-0.39, 0.29) is 11.3 Å². The van der Waals surface area contributed by atoms with Gasteiger partial charge >= 0.3 is 0 Å². The number of likely N-dealkylation sites (tertiary alicyclic amines) is 1. The zero-order valence-electron chi connectivity index (χ0n) is 17.8. The van der Waals surface area contributed by atoms with Crippen LogP contribution >= 0.6 is 0 Å². The van der Waals surface area contributed by atoms with E-state index in [0.717, 1.165) is 54.7 Å². The summed E-state index contributed by atoms with van der Waals surface area (Å²) in [5.74, 6) is 1.12. The normalized spacial score (nSPS) is 17.4. The van der Waals surface area contributed by atoms with Crippen LogP contribution < -0.4 is 10.5 Å². The second kappa shape index (κ2) is 7.17. The van der Waals surface area contributed by atoms with E-state index in [1.807, 2.05) is 29.3 Å². The van der Waals surface area contributed by atoms with Crippen molar-refractivity contribution < 1.29 is 9.53 Å². The fourth-order valence-corrected chi connectivity index (χ4v) is 5.23. The first-order valence-electron chi connectivity index (χ1n) is 10.9. The second-order valence-corrected chi connectivity index (χ2v) is 8.70. The lowest BCUT2D eigenvalue weighted by Gasteiger charge is -2.38. The summed E-state index contributed by atoms with van der Waals surface area (Å²) in [7, 11) is 0. The number of hydrogen-bond acceptors (Lipinski definition) is 3. The number of nitrogens with zero attached hydrogens (tertiary/aromatic N) is 2. The molecule has 0 saturated carbocycles. The fourth-order valence-electron chi connectivity index (χ4n) is 5.23. The predicted molar refractivity (Wildman–Crippen MR) is 119 cm³/mol. The van der Waals surface area contributed by atoms with E-state index in [2.05, 4.69) is 36.6 Å². The lowest BCUT2D eigenvalue weighted by atomic mass is 9.74. The summed E-state index contributed by atoms with van der Waals surface area (Å²) in [6.45, 7) is 7.83. The number of carbonyl (C=O) groups excluding carboxylic acids is 1. The van der Waals surface area contributed by atoms with Crippen LogP contribution in [0.5, 0.6) is 5.75 Å². The van der Waals surface area contributed by atoms with Crippen molar-refractivity contribution >= 4 is 16.8 Å². The molecule has 3 heterocycles. The van der Waals surface area contributed by atoms with Gasteiger partial charge in [0, 0.05) is 48.7 Å². The van der Waals surface area contributed by atoms with E-state index >= 15 is 0 Å². The number of rotatable bonds is 3. The first-order valence-corrected chi connectivity index (χ1v) is 10.9. The van der Waals surface area contributed by atoms with Gasteiger partial charge in [-0.25, -0.2) is 0 Å². The monoisotopic (exact) mass is 403 g/mol. The van der Waals surface area contributed by atoms with Crippen molar-refractivity contribution in [2.45, 2.75) is 45.2 Å². The minimum absolute atomic E-state index is 0.00526. The Morgan fingerprint density at radius 3 is 2.73 bits per heavy atom. The number of carbonyl (C=O) groups is 1. The highest BCUT2D eigenvalue weighted by molar-refractivity contribution is 6.07. The summed E-state index contributed by atoms with van der Waals surface area (Å²) in [4.78, 5) is 15.5. The molecule has 0 bridgehead atoms. The standard InChI is InChI=1S/C25H29N3O2/c1-3-27-15-20(19-6-4-5-17(2)23(19)27)24(29)28-11-9-25(10-12-28)16-30-22-8-7-18(14-26)13-21(22)25/h4-8,13,15H,3,9-12,14,16,26H2,1-2H3. The molecule has 156 valence electrons. The van der Waals surface area contributed by atoms with Gasteiger partial charge in [0.2, 0.25) is 0 Å². The summed E-state index contributed by atoms with van der Waals surface area (Å²) < 4.78 is 8.21. The molecule has 2 aromatic carbocycles. The molecule has 1 saturated heterocycles. The van der Waals surface area contributed by atoms with Crippen LogP contribution in [0.1, 0.15) is 46.8 Å². The zero-order chi connectivity index (χ0) is 20.9. The third-order valence-electron chi connectivity index (χ3n) is 7.03. The number of piperidine rings is 1. The summed E-state index contributed by atoms with van der Waals surface area (Å²) in [5.41, 5.74) is 11.5. The van der Waals surface area contributed by atoms with E-state index in [1.165, 1.54) is 16.6 Å². The Balaban J connectivity index is 1.41. The number of hydrogen-bond donors (Lipinski definition) is 1. The van der Waals surface area contributed by atoms with Gasteiger partial charge in [0.1, 0.15) is 5.75 Å². The molecular weight excluding hydrogens is 374 g/mol. The maximum Gasteiger partial charge on any atom is 0.256 e. The number of nitrogens with two attached hydrogens (primary N) is 1. The average Bonchev–Trinajstić information content (AvgIpc) is 3.33. The Kier molecular flexibility index (Phi) is 4.58. The highest BCUT2D eigenvalue weighted by Crippen LogP contribution is 2.46. The van der Waals surface area contributed by atoms with Crippen LogP contribution in [-0.4, -0.2) is 35.1 Å². The van der Waals surface area contributed by atoms with Crippen LogP contribution in [0.3, 0.4) is 0 Å². The number of aromatic nitrogens is 1. The molecule has 1 amide bonds. The molecule has 5 heteroatoms. The van der Waals surface area contributed by atoms with Gasteiger partial charge < -0.3 is 19.9 Å². The molecule has 2 aliphatic heterocycles. The quantitative estimate of drug-likeness (QED) is 0.719. The van der Waals surface area contributed by atoms with Crippen molar-refractivity contribution in [3.63, 3.8) is 0 Å². The topological polar surface area (TPSA) is 60.5 Å². The largest absolute Gasteiger partial charge is 0.492 e. The summed E-state index contributed by atoms with van der Waals surface area (Å²) in [6, 6.07) is 12.5. The number of aryl methyl sites for hydroxylation is 2. The molecule has 2 aliphatic rings. The Morgan fingerprint density at radius 2 is 2.00 bits per heavy atom. The van der Waals surface area contributed by atoms with Crippen LogP contribution in [0.25, 0.3) is 10.9 Å². The Labute approximate surface area is 177 Å². The van der Waals surface area contributed by atoms with Gasteiger partial charge in [-0.05, 0) is 43.9 Å². The second-order valence-electron chi connectivity index (χ2n) is 8.70. The molecule has 0 radical (unpaired) electrons. The molecule has 5 rings (SSSR count). The minimum atomic E-state index is 0.00526. The first kappa shape index (κ1) is 19.2. The summed E-state index contributed by atoms with van der Waals surface area (Å²) >= 11 is 0. The Hall–Kier alpha value is -2.79. The van der Waals surface area contributed by atoms with Gasteiger partial charge in [-0.3, -0.25) is 4.79 Å². The van der Waals surface area contributed by atoms with Crippen LogP contribution in [0.4, 0.5) is 0 Å². The molecule has 2 N–H and O–H groups in total. The number of para-hydroxylation sites is 1. The van der Waals surface area contributed by atoms with E-state index in [9.17, 15) is 4.79 Å². The number of amides is 1. The van der Waals surface area contributed by atoms with Gasteiger partial charge in [0.15, 0.2) is 0 Å². The third kappa shape index (κ3) is 2.83. The maximum absolute atomic E-state index is 13.5. The van der Waals surface area contributed by atoms with E-state index in [1.54, 1.807) is 0 Å². The van der Waals surface area contributed by atoms with E-state index in [4.69, 9.17) is 10.5 Å². The molecule has 1 fully saturated rings. The SMILES string of the molecule is CCn1cc(C(=O)N2CCC3(CC2)COc2ccc(CN)cc23)c2cccc(C)c21. The molecule has 0 atom stereocenters. The molecule has 30 heavy (non-hydrogen) atoms. The zero-order valence-corrected chi connectivity index (χ0v) is 17.8. The Morgan fingerprint density at radius 1 is 1.20 bits per heavy atom. The van der Waals surface area contributed by atoms with Crippen LogP contribution in [0.2, 0.25) is 0 Å². The Bertz CT molecular complexity index is 1120. The van der Waals surface area contributed by atoms with E-state index < -0.39 is 0 Å². The minimum Gasteiger partial charge on any atom is -0.492 e. The van der Waals surface area contributed by atoms with Gasteiger partial charge in [-0.15, -0.1) is 0 Å². The van der Waals surface area contributed by atoms with Crippen molar-refractivity contribution in [3.05, 3.63) is 64.8 Å². The molecule has 3 aromatic rings. The lowest BCUT2D eigenvalue weighted by Crippen LogP contribution is -2.46. The highest BCUT2D eigenvalue weighted by atomic mass is 16.5. The van der Waals surface area contributed by atoms with Gasteiger partial charge in [0.25, 0.3) is 5.91 Å². The lowest BCUT2D eigenvalue weighted by molar-refractivity contribution is 0.0648. The van der Waals surface area contributed by atoms with E-state index in [0.29, 0.717) is 13.2 Å². The number of ether oxygens (including phenoxy) is 1. The summed E-state index contributed by atoms with van der Waals surface area (Å²) in [6.07, 6.45) is 3.88. The van der Waals surface area contributed by atoms with Gasteiger partial charge in [0.05, 0.1) is 17.7 Å². The van der Waals surface area contributed by atoms with Crippen LogP contribution in [0, 0.1) is 6.92 Å². The average molecular weight is 404 g/mol. The first-order chi connectivity index (χ1) is 14.6. The van der Waals surface area contributed by atoms with Crippen molar-refractivity contribution in [1.29, 1.82) is 0 Å². The maximum atomic E-state index is 13.5. The highest BCUT2D eigenvalue weighted by Gasteiger charge is 2.44. The van der Waals surface area contributed by atoms with Crippen molar-refractivity contribution in [2.24, 2.45) is 5.73 Å². The van der Waals surface area contributed by atoms with Crippen LogP contribution in [-0.2, 0) is 18.5 Å². The third-order valence-corrected chi connectivity index (χ3v) is 7.03. The van der Waals surface area contributed by atoms with Crippen molar-refractivity contribution in [2.75, 3.05) is 19.7 Å². The molecule has 1 aromatic heterocycles. The summed E-state index contributed by atoms with van der Waals surface area (Å²) in [5, 5.41) is 1.06. The van der Waals surface area contributed by atoms with Crippen molar-refractivity contribution in [3.8, 4) is 5.75 Å². The molecule has 0 aliphatic carbocycles. The molecular formula is C25H29N3O2. The fraction of sp³-hybridized carbons (Fsp3) is 0.400. The van der Waals surface area contributed by atoms with Crippen molar-refractivity contribution in [1.82, 2.24) is 9.47 Å². The van der Waals surface area contributed by atoms with Crippen LogP contribution in [0.15, 0.2) is 42.6 Å².